The molecule has 5 amide bonds. The van der Waals surface area contributed by atoms with E-state index < -0.39 is 53.3 Å². The van der Waals surface area contributed by atoms with Crippen LogP contribution in [0.5, 0.6) is 0 Å². The topological polar surface area (TPSA) is 337 Å². The van der Waals surface area contributed by atoms with Gasteiger partial charge < -0.3 is 65.2 Å². The lowest BCUT2D eigenvalue weighted by molar-refractivity contribution is -0.139. The number of nitrogens with zero attached hydrogens (tertiary/aromatic N) is 8. The van der Waals surface area contributed by atoms with E-state index in [0.29, 0.717) is 47.4 Å². The first-order chi connectivity index (χ1) is 38.6. The fourth-order valence-corrected chi connectivity index (χ4v) is 7.88. The second-order valence-corrected chi connectivity index (χ2v) is 19.6. The molecule has 6 heterocycles. The van der Waals surface area contributed by atoms with Crippen molar-refractivity contribution in [1.82, 2.24) is 59.5 Å². The fourth-order valence-electron chi connectivity index (χ4n) is 7.88. The highest BCUT2D eigenvalue weighted by Gasteiger charge is 2.27. The van der Waals surface area contributed by atoms with Crippen molar-refractivity contribution >= 4 is 69.3 Å². The molecule has 0 bridgehead atoms. The number of aliphatic carboxylic acids is 1. The molecule has 8 N–H and O–H groups in total. The standard InChI is InChI=1S/C27H32FN7O5.C16H16FN5O.C11H18N2O5/c1-34(2)22(36)9-5-4-7-18(31-27(39)40-3)25(37)30-19-8-6-12-35(26(19)38)15-21-32-23-17(28)14-29-20(24(23)33-21)13-16-10-11-16;17-10-7-19-12(6-9-3-4-9)15-14(10)20-13(21-15)8-22-5-1-2-11(18)16(22)23;1-13(2)9(14)7-5-4-6-8(10(15)16)12-11(17)18-3/h5-6,8-9,12,14,16,18H,4,7,10-11,13,15H2,1-3H3,(H,30,37)(H,31,39)(H,32,33);1-2,5,7,9H,3-4,6,8,18H2,(H,20,21);5,7-8H,4,6H2,1-3H3,(H,12,17)(H,15,16)/b9-5+;;7-5+/t18-;;8-/m0.0/s1. The van der Waals surface area contributed by atoms with Gasteiger partial charge in [-0.2, -0.15) is 0 Å². The third kappa shape index (κ3) is 17.9. The van der Waals surface area contributed by atoms with Gasteiger partial charge in [0, 0.05) is 40.6 Å². The number of rotatable bonds is 21. The second-order valence-electron chi connectivity index (χ2n) is 19.6. The number of imidazole rings is 2. The highest BCUT2D eigenvalue weighted by Crippen LogP contribution is 2.35. The summed E-state index contributed by atoms with van der Waals surface area (Å²) in [7, 11) is 8.79. The Balaban J connectivity index is 0.000000217. The van der Waals surface area contributed by atoms with Gasteiger partial charge in [-0.05, 0) is 112 Å². The van der Waals surface area contributed by atoms with E-state index in [-0.39, 0.29) is 65.7 Å². The first-order valence-electron chi connectivity index (χ1n) is 25.8. The van der Waals surface area contributed by atoms with Gasteiger partial charge in [-0.3, -0.25) is 33.9 Å². The number of halogens is 2. The van der Waals surface area contributed by atoms with Crippen LogP contribution in [0.3, 0.4) is 0 Å². The summed E-state index contributed by atoms with van der Waals surface area (Å²) >= 11 is 0. The molecule has 2 aliphatic rings. The number of H-pyrrole nitrogens is 2. The molecule has 0 unspecified atom stereocenters. The second kappa shape index (κ2) is 28.5. The number of likely N-dealkylation sites (N-methyl/N-ethyl adjacent to an activating group) is 2. The molecule has 25 nitrogen and oxygen atoms in total. The Morgan fingerprint density at radius 2 is 1.17 bits per heavy atom. The van der Waals surface area contributed by atoms with E-state index >= 15 is 0 Å². The number of carboxylic acids is 1. The van der Waals surface area contributed by atoms with E-state index in [1.165, 1.54) is 75.7 Å². The smallest absolute Gasteiger partial charge is 0.407 e. The van der Waals surface area contributed by atoms with E-state index in [0.717, 1.165) is 44.2 Å². The summed E-state index contributed by atoms with van der Waals surface area (Å²) in [6, 6.07) is 4.21. The molecule has 0 aliphatic heterocycles. The largest absolute Gasteiger partial charge is 0.480 e. The quantitative estimate of drug-likeness (QED) is 0.0491. The molecular weight excluding hydrogens is 1060 g/mol. The van der Waals surface area contributed by atoms with Crippen LogP contribution in [0.25, 0.3) is 22.1 Å². The van der Waals surface area contributed by atoms with Gasteiger partial charge in [0.2, 0.25) is 17.7 Å². The number of hydrogen-bond acceptors (Lipinski definition) is 15. The van der Waals surface area contributed by atoms with Crippen LogP contribution in [-0.2, 0) is 54.6 Å². The number of methoxy groups -OCH3 is 2. The maximum Gasteiger partial charge on any atom is 0.407 e. The van der Waals surface area contributed by atoms with Crippen LogP contribution in [0.4, 0.5) is 29.7 Å². The summed E-state index contributed by atoms with van der Waals surface area (Å²) in [6.07, 6.45) is 17.0. The first kappa shape index (κ1) is 60.9. The lowest BCUT2D eigenvalue weighted by Gasteiger charge is -2.17. The third-order valence-electron chi connectivity index (χ3n) is 12.7. The van der Waals surface area contributed by atoms with Crippen LogP contribution < -0.4 is 32.8 Å². The van der Waals surface area contributed by atoms with Gasteiger partial charge >= 0.3 is 18.2 Å². The average Bonchev–Trinajstić information content (AvgIpc) is 4.47. The number of anilines is 2. The molecule has 2 atom stereocenters. The lowest BCUT2D eigenvalue weighted by Crippen LogP contribution is -2.44. The van der Waals surface area contributed by atoms with Crippen molar-refractivity contribution in [3.63, 3.8) is 0 Å². The molecular formula is C54H66F2N14O11. The van der Waals surface area contributed by atoms with Gasteiger partial charge in [0.05, 0.1) is 67.8 Å². The Hall–Kier alpha value is -9.30. The van der Waals surface area contributed by atoms with E-state index in [4.69, 9.17) is 10.8 Å². The number of nitrogen functional groups attached to an aromatic ring is 1. The number of amides is 5. The zero-order valence-electron chi connectivity index (χ0n) is 45.7. The summed E-state index contributed by atoms with van der Waals surface area (Å²) in [5, 5.41) is 16.0. The molecule has 0 aromatic carbocycles. The Kier molecular flexibility index (Phi) is 21.5. The number of aromatic amines is 2. The van der Waals surface area contributed by atoms with Gasteiger partial charge in [-0.25, -0.2) is 33.1 Å². The maximum atomic E-state index is 14.4. The zero-order chi connectivity index (χ0) is 58.9. The number of carboxylic acid groups (broad SMARTS) is 1. The normalized spacial score (nSPS) is 13.6. The van der Waals surface area contributed by atoms with E-state index in [9.17, 15) is 47.1 Å². The summed E-state index contributed by atoms with van der Waals surface area (Å²) in [6.45, 7) is 0.217. The van der Waals surface area contributed by atoms with Crippen molar-refractivity contribution in [2.24, 2.45) is 11.8 Å². The van der Waals surface area contributed by atoms with Gasteiger partial charge in [-0.15, -0.1) is 0 Å². The number of fused-ring (bicyclic) bond motifs is 2. The van der Waals surface area contributed by atoms with E-state index in [1.54, 1.807) is 64.7 Å². The third-order valence-corrected chi connectivity index (χ3v) is 12.7. The fraction of sp³-hybridized carbons (Fsp3) is 0.407. The number of carbonyl (C=O) groups excluding carboxylic acids is 5. The van der Waals surface area contributed by atoms with Gasteiger partial charge in [0.25, 0.3) is 11.1 Å². The Bertz CT molecular complexity index is 3420. The van der Waals surface area contributed by atoms with E-state index in [1.807, 2.05) is 0 Å². The molecule has 8 rings (SSSR count). The lowest BCUT2D eigenvalue weighted by atomic mass is 10.1. The number of pyridine rings is 4. The molecule has 0 spiro atoms. The summed E-state index contributed by atoms with van der Waals surface area (Å²) < 4.78 is 40.1. The predicted octanol–water partition coefficient (Wildman–Crippen LogP) is 4.41. The highest BCUT2D eigenvalue weighted by molar-refractivity contribution is 5.96. The molecule has 2 aliphatic carbocycles. The van der Waals surface area contributed by atoms with Gasteiger partial charge in [0.15, 0.2) is 11.6 Å². The van der Waals surface area contributed by atoms with E-state index in [2.05, 4.69) is 55.3 Å². The Morgan fingerprint density at radius 3 is 1.62 bits per heavy atom. The molecule has 6 aromatic heterocycles. The number of carbonyl (C=O) groups is 6. The number of nitrogens with one attached hydrogen (secondary N) is 5. The first-order valence-corrected chi connectivity index (χ1v) is 25.8. The van der Waals surface area contributed by atoms with Gasteiger partial charge in [-0.1, -0.05) is 12.2 Å². The summed E-state index contributed by atoms with van der Waals surface area (Å²) in [5.74, 6) is -1.11. The minimum Gasteiger partial charge on any atom is -0.480 e. The minimum absolute atomic E-state index is 0.00801. The van der Waals surface area contributed by atoms with Crippen molar-refractivity contribution in [3.8, 4) is 0 Å². The van der Waals surface area contributed by atoms with Crippen LogP contribution in [0.2, 0.25) is 0 Å². The van der Waals surface area contributed by atoms with Crippen molar-refractivity contribution in [1.29, 1.82) is 0 Å². The highest BCUT2D eigenvalue weighted by atomic mass is 19.1. The Labute approximate surface area is 463 Å². The summed E-state index contributed by atoms with van der Waals surface area (Å²) in [5.41, 5.74) is 8.18. The van der Waals surface area contributed by atoms with Crippen LogP contribution in [0, 0.1) is 23.5 Å². The number of ether oxygens (including phenoxy) is 2. The molecule has 0 saturated heterocycles. The molecule has 2 fully saturated rings. The van der Waals surface area contributed by atoms with Crippen molar-refractivity contribution in [2.45, 2.75) is 89.4 Å². The van der Waals surface area contributed by atoms with Crippen molar-refractivity contribution in [2.75, 3.05) is 53.5 Å². The average molecular weight is 1130 g/mol. The molecule has 432 valence electrons. The predicted molar refractivity (Wildman–Crippen MR) is 294 cm³/mol. The number of hydrogen-bond donors (Lipinski definition) is 7. The number of alkyl carbamates (subject to hydrolysis) is 2. The van der Waals surface area contributed by atoms with Crippen LogP contribution in [0.1, 0.15) is 74.4 Å². The number of allylic oxidation sites excluding steroid dienone is 2. The maximum absolute atomic E-state index is 14.4. The van der Waals surface area contributed by atoms with Gasteiger partial charge in [0.1, 0.15) is 40.5 Å². The van der Waals surface area contributed by atoms with Crippen molar-refractivity contribution in [3.05, 3.63) is 129 Å². The van der Waals surface area contributed by atoms with Crippen LogP contribution in [-0.4, -0.2) is 144 Å². The molecule has 0 radical (unpaired) electrons. The number of aromatic nitrogens is 8. The minimum atomic E-state index is -1.15. The monoisotopic (exact) mass is 1120 g/mol. The molecule has 6 aromatic rings. The number of nitrogens with two attached hydrogens (primary N) is 1. The van der Waals surface area contributed by atoms with Crippen LogP contribution in [0.15, 0.2) is 82.9 Å². The molecule has 2 saturated carbocycles. The van der Waals surface area contributed by atoms with Crippen molar-refractivity contribution < 1.29 is 52.1 Å². The molecule has 81 heavy (non-hydrogen) atoms. The van der Waals surface area contributed by atoms with Crippen LogP contribution >= 0.6 is 0 Å². The Morgan fingerprint density at radius 1 is 0.728 bits per heavy atom. The molecule has 27 heteroatoms. The SMILES string of the molecule is COC(=O)N[C@@H](CC/C=C/C(=O)N(C)C)C(=O)Nc1cccn(Cc2nc3c(F)cnc(CC4CC4)c3[nH]2)c1=O.COC(=O)N[C@@H](CC/C=C/C(=O)N(C)C)C(=O)O.Nc1cccn(Cc2nc3c(F)cnc(CC4CC4)c3[nH]2)c1=O. The summed E-state index contributed by atoms with van der Waals surface area (Å²) in [4.78, 5) is 121. The zero-order valence-corrected chi connectivity index (χ0v) is 45.7.